The van der Waals surface area contributed by atoms with Crippen molar-refractivity contribution in [1.82, 2.24) is 5.32 Å². The van der Waals surface area contributed by atoms with Crippen LogP contribution in [0, 0.1) is 5.92 Å². The molecule has 5 heteroatoms. The molecule has 2 aromatic rings. The smallest absolute Gasteiger partial charge is 0.220 e. The van der Waals surface area contributed by atoms with E-state index in [0.717, 1.165) is 36.8 Å². The lowest BCUT2D eigenvalue weighted by Crippen LogP contribution is -2.39. The number of rotatable bonds is 7. The van der Waals surface area contributed by atoms with Gasteiger partial charge in [-0.3, -0.25) is 4.79 Å². The summed E-state index contributed by atoms with van der Waals surface area (Å²) < 4.78 is 5.88. The molecule has 4 nitrogen and oxygen atoms in total. The van der Waals surface area contributed by atoms with Crippen LogP contribution in [-0.2, 0) is 4.79 Å². The van der Waals surface area contributed by atoms with E-state index in [1.54, 1.807) is 0 Å². The van der Waals surface area contributed by atoms with Gasteiger partial charge in [0.05, 0.1) is 6.61 Å². The zero-order chi connectivity index (χ0) is 16.8. The van der Waals surface area contributed by atoms with Gasteiger partial charge in [0.2, 0.25) is 5.91 Å². The van der Waals surface area contributed by atoms with Crippen LogP contribution in [-0.4, -0.2) is 25.1 Å². The highest BCUT2D eigenvalue weighted by molar-refractivity contribution is 5.88. The Kier molecular flexibility index (Phi) is 7.53. The van der Waals surface area contributed by atoms with Crippen molar-refractivity contribution >= 4 is 29.1 Å². The van der Waals surface area contributed by atoms with Gasteiger partial charge in [0.25, 0.3) is 0 Å². The third-order valence-corrected chi connectivity index (χ3v) is 4.86. The third kappa shape index (κ3) is 5.10. The minimum atomic E-state index is 0. The molecule has 0 aliphatic heterocycles. The molecule has 2 aromatic carbocycles. The molecule has 25 heavy (non-hydrogen) atoms. The molecule has 0 heterocycles. The minimum Gasteiger partial charge on any atom is -0.493 e. The summed E-state index contributed by atoms with van der Waals surface area (Å²) in [6.07, 6.45) is 4.57. The molecule has 3 N–H and O–H groups in total. The molecule has 2 unspecified atom stereocenters. The van der Waals surface area contributed by atoms with Crippen molar-refractivity contribution in [3.05, 3.63) is 42.5 Å². The fraction of sp³-hybridized carbons (Fsp3) is 0.450. The van der Waals surface area contributed by atoms with Gasteiger partial charge in [-0.15, -0.1) is 12.4 Å². The SMILES string of the molecule is Cl.NCC1CCCC1NC(=O)CCCOc1cccc2ccccc12. The fourth-order valence-corrected chi connectivity index (χ4v) is 3.52. The molecule has 0 radical (unpaired) electrons. The Balaban J connectivity index is 0.00000225. The predicted octanol–water partition coefficient (Wildman–Crippen LogP) is 3.66. The first-order valence-corrected chi connectivity index (χ1v) is 8.88. The lowest BCUT2D eigenvalue weighted by Gasteiger charge is -2.19. The van der Waals surface area contributed by atoms with Gasteiger partial charge in [0.15, 0.2) is 0 Å². The summed E-state index contributed by atoms with van der Waals surface area (Å²) >= 11 is 0. The topological polar surface area (TPSA) is 64.3 Å². The van der Waals surface area contributed by atoms with Crippen LogP contribution in [0.4, 0.5) is 0 Å². The van der Waals surface area contributed by atoms with E-state index >= 15 is 0 Å². The van der Waals surface area contributed by atoms with Crippen LogP contribution in [0.3, 0.4) is 0 Å². The number of carbonyl (C=O) groups is 1. The van der Waals surface area contributed by atoms with Crippen molar-refractivity contribution in [2.24, 2.45) is 11.7 Å². The second-order valence-corrected chi connectivity index (χ2v) is 6.53. The van der Waals surface area contributed by atoms with Gasteiger partial charge in [0.1, 0.15) is 5.75 Å². The normalized spacial score (nSPS) is 19.4. The number of carbonyl (C=O) groups excluding carboxylic acids is 1. The third-order valence-electron chi connectivity index (χ3n) is 4.86. The van der Waals surface area contributed by atoms with E-state index in [4.69, 9.17) is 10.5 Å². The van der Waals surface area contributed by atoms with E-state index in [9.17, 15) is 4.79 Å². The van der Waals surface area contributed by atoms with Gasteiger partial charge in [-0.2, -0.15) is 0 Å². The summed E-state index contributed by atoms with van der Waals surface area (Å²) in [5.74, 6) is 1.44. The molecule has 3 rings (SSSR count). The van der Waals surface area contributed by atoms with Crippen molar-refractivity contribution in [3.8, 4) is 5.75 Å². The number of ether oxygens (including phenoxy) is 1. The van der Waals surface area contributed by atoms with E-state index in [0.29, 0.717) is 25.5 Å². The number of nitrogens with one attached hydrogen (secondary N) is 1. The molecule has 1 aliphatic rings. The first kappa shape index (κ1) is 19.5. The van der Waals surface area contributed by atoms with E-state index in [-0.39, 0.29) is 24.4 Å². The lowest BCUT2D eigenvalue weighted by atomic mass is 10.0. The summed E-state index contributed by atoms with van der Waals surface area (Å²) in [5, 5.41) is 5.41. The predicted molar refractivity (Wildman–Crippen MR) is 104 cm³/mol. The van der Waals surface area contributed by atoms with Crippen LogP contribution in [0.25, 0.3) is 10.8 Å². The standard InChI is InChI=1S/C20H26N2O2.ClH/c21-14-16-8-3-10-18(16)22-20(23)12-5-13-24-19-11-4-7-15-6-1-2-9-17(15)19;/h1-2,4,6-7,9,11,16,18H,3,5,8,10,12-14,21H2,(H,22,23);1H. The van der Waals surface area contributed by atoms with Gasteiger partial charge in [-0.05, 0) is 43.2 Å². The molecule has 1 amide bonds. The Morgan fingerprint density at radius 2 is 1.96 bits per heavy atom. The number of amides is 1. The van der Waals surface area contributed by atoms with E-state index < -0.39 is 0 Å². The maximum absolute atomic E-state index is 12.1. The first-order chi connectivity index (χ1) is 11.8. The van der Waals surface area contributed by atoms with Crippen LogP contribution in [0.1, 0.15) is 32.1 Å². The second-order valence-electron chi connectivity index (χ2n) is 6.53. The first-order valence-electron chi connectivity index (χ1n) is 8.88. The van der Waals surface area contributed by atoms with Gasteiger partial charge in [-0.25, -0.2) is 0 Å². The highest BCUT2D eigenvalue weighted by Crippen LogP contribution is 2.26. The van der Waals surface area contributed by atoms with Crippen LogP contribution >= 0.6 is 12.4 Å². The van der Waals surface area contributed by atoms with Gasteiger partial charge < -0.3 is 15.8 Å². The lowest BCUT2D eigenvalue weighted by molar-refractivity contribution is -0.122. The molecule has 1 aliphatic carbocycles. The van der Waals surface area contributed by atoms with Crippen LogP contribution in [0.5, 0.6) is 5.75 Å². The Hall–Kier alpha value is -1.78. The second kappa shape index (κ2) is 9.64. The van der Waals surface area contributed by atoms with Crippen molar-refractivity contribution in [2.45, 2.75) is 38.1 Å². The summed E-state index contributed by atoms with van der Waals surface area (Å²) in [5.41, 5.74) is 5.76. The van der Waals surface area contributed by atoms with E-state index in [2.05, 4.69) is 23.5 Å². The van der Waals surface area contributed by atoms with Gasteiger partial charge in [0, 0.05) is 17.8 Å². The summed E-state index contributed by atoms with van der Waals surface area (Å²) in [7, 11) is 0. The molecule has 1 saturated carbocycles. The molecule has 0 aromatic heterocycles. The average molecular weight is 363 g/mol. The zero-order valence-electron chi connectivity index (χ0n) is 14.4. The zero-order valence-corrected chi connectivity index (χ0v) is 15.3. The average Bonchev–Trinajstić information content (AvgIpc) is 3.06. The van der Waals surface area contributed by atoms with E-state index in [1.165, 1.54) is 5.39 Å². The number of benzene rings is 2. The number of hydrogen-bond donors (Lipinski definition) is 2. The Labute approximate surface area is 155 Å². The van der Waals surface area contributed by atoms with Crippen LogP contribution in [0.15, 0.2) is 42.5 Å². The van der Waals surface area contributed by atoms with Crippen LogP contribution < -0.4 is 15.8 Å². The van der Waals surface area contributed by atoms with E-state index in [1.807, 2.05) is 24.3 Å². The van der Waals surface area contributed by atoms with Gasteiger partial charge >= 0.3 is 0 Å². The van der Waals surface area contributed by atoms with Crippen molar-refractivity contribution in [3.63, 3.8) is 0 Å². The highest BCUT2D eigenvalue weighted by Gasteiger charge is 2.26. The number of fused-ring (bicyclic) bond motifs is 1. The van der Waals surface area contributed by atoms with Crippen molar-refractivity contribution in [1.29, 1.82) is 0 Å². The highest BCUT2D eigenvalue weighted by atomic mass is 35.5. The fourth-order valence-electron chi connectivity index (χ4n) is 3.52. The van der Waals surface area contributed by atoms with Gasteiger partial charge in [-0.1, -0.05) is 42.8 Å². The minimum absolute atomic E-state index is 0. The quantitative estimate of drug-likeness (QED) is 0.739. The monoisotopic (exact) mass is 362 g/mol. The number of halogens is 1. The molecular formula is C20H27ClN2O2. The molecule has 1 fully saturated rings. The number of hydrogen-bond acceptors (Lipinski definition) is 3. The molecule has 136 valence electrons. The van der Waals surface area contributed by atoms with Crippen LogP contribution in [0.2, 0.25) is 0 Å². The Morgan fingerprint density at radius 1 is 1.16 bits per heavy atom. The molecule has 2 atom stereocenters. The molecule has 0 bridgehead atoms. The summed E-state index contributed by atoms with van der Waals surface area (Å²) in [6, 6.07) is 14.5. The largest absolute Gasteiger partial charge is 0.493 e. The molecule has 0 spiro atoms. The molecular weight excluding hydrogens is 336 g/mol. The Bertz CT molecular complexity index is 687. The maximum atomic E-state index is 12.1. The van der Waals surface area contributed by atoms with Crippen molar-refractivity contribution in [2.75, 3.05) is 13.2 Å². The molecule has 0 saturated heterocycles. The maximum Gasteiger partial charge on any atom is 0.220 e. The Morgan fingerprint density at radius 3 is 2.80 bits per heavy atom. The van der Waals surface area contributed by atoms with Crippen molar-refractivity contribution < 1.29 is 9.53 Å². The summed E-state index contributed by atoms with van der Waals surface area (Å²) in [4.78, 5) is 12.1. The summed E-state index contributed by atoms with van der Waals surface area (Å²) in [6.45, 7) is 1.21. The number of nitrogens with two attached hydrogens (primary N) is 1.